The second-order valence-corrected chi connectivity index (χ2v) is 6.92. The van der Waals surface area contributed by atoms with Crippen molar-refractivity contribution >= 4 is 11.7 Å². The molecule has 0 radical (unpaired) electrons. The summed E-state index contributed by atoms with van der Waals surface area (Å²) < 4.78 is 0. The summed E-state index contributed by atoms with van der Waals surface area (Å²) in [5.41, 5.74) is 1.70. The number of hydrogen-bond donors (Lipinski definition) is 2. The van der Waals surface area contributed by atoms with Crippen LogP contribution in [-0.4, -0.2) is 51.7 Å². The van der Waals surface area contributed by atoms with Crippen LogP contribution in [0.4, 0.5) is 5.82 Å². The predicted molar refractivity (Wildman–Crippen MR) is 99.8 cm³/mol. The SMILES string of the molecule is CNC(=O)CC1(O)CCCN(c2nc(-c3cccnc3)nc(C)c2C)C1. The number of anilines is 1. The number of piperidine rings is 1. The van der Waals surface area contributed by atoms with Crippen molar-refractivity contribution in [1.82, 2.24) is 20.3 Å². The minimum atomic E-state index is -1.04. The Hall–Kier alpha value is -2.54. The zero-order valence-electron chi connectivity index (χ0n) is 15.5. The fourth-order valence-corrected chi connectivity index (χ4v) is 3.37. The minimum absolute atomic E-state index is 0.0958. The molecule has 3 rings (SSSR count). The summed E-state index contributed by atoms with van der Waals surface area (Å²) in [5, 5.41) is 13.5. The number of nitrogens with one attached hydrogen (secondary N) is 1. The summed E-state index contributed by atoms with van der Waals surface area (Å²) in [6.45, 7) is 5.12. The van der Waals surface area contributed by atoms with Gasteiger partial charge in [-0.25, -0.2) is 9.97 Å². The fraction of sp³-hybridized carbons (Fsp3) is 0.474. The van der Waals surface area contributed by atoms with E-state index in [-0.39, 0.29) is 12.3 Å². The van der Waals surface area contributed by atoms with Gasteiger partial charge in [-0.2, -0.15) is 0 Å². The van der Waals surface area contributed by atoms with Crippen LogP contribution in [0.3, 0.4) is 0 Å². The Morgan fingerprint density at radius 2 is 2.19 bits per heavy atom. The molecule has 1 atom stereocenters. The summed E-state index contributed by atoms with van der Waals surface area (Å²) in [4.78, 5) is 27.3. The Bertz CT molecular complexity index is 796. The Labute approximate surface area is 153 Å². The number of aromatic nitrogens is 3. The number of β-amino-alcohol motifs (C(OH)–C–C–N with tert-alkyl or cyclic N) is 1. The summed E-state index contributed by atoms with van der Waals surface area (Å²) in [7, 11) is 1.59. The Balaban J connectivity index is 1.93. The van der Waals surface area contributed by atoms with E-state index >= 15 is 0 Å². The Kier molecular flexibility index (Phi) is 5.18. The fourth-order valence-electron chi connectivity index (χ4n) is 3.37. The van der Waals surface area contributed by atoms with Gasteiger partial charge < -0.3 is 15.3 Å². The number of carbonyl (C=O) groups is 1. The first-order valence-corrected chi connectivity index (χ1v) is 8.85. The van der Waals surface area contributed by atoms with Crippen LogP contribution in [-0.2, 0) is 4.79 Å². The van der Waals surface area contributed by atoms with E-state index in [1.165, 1.54) is 0 Å². The summed E-state index contributed by atoms with van der Waals surface area (Å²) in [5.74, 6) is 1.28. The molecule has 1 aliphatic rings. The van der Waals surface area contributed by atoms with Crippen molar-refractivity contribution < 1.29 is 9.90 Å². The summed E-state index contributed by atoms with van der Waals surface area (Å²) in [6, 6.07) is 3.79. The highest BCUT2D eigenvalue weighted by atomic mass is 16.3. The average Bonchev–Trinajstić information content (AvgIpc) is 2.64. The molecule has 1 fully saturated rings. The van der Waals surface area contributed by atoms with Gasteiger partial charge in [-0.15, -0.1) is 0 Å². The number of amides is 1. The summed E-state index contributed by atoms with van der Waals surface area (Å²) in [6.07, 6.45) is 4.97. The molecule has 2 aromatic rings. The third kappa shape index (κ3) is 3.83. The second kappa shape index (κ2) is 7.37. The van der Waals surface area contributed by atoms with Crippen molar-refractivity contribution in [2.24, 2.45) is 0 Å². The van der Waals surface area contributed by atoms with Gasteiger partial charge in [0.15, 0.2) is 5.82 Å². The molecule has 3 heterocycles. The third-order valence-corrected chi connectivity index (χ3v) is 4.91. The molecule has 7 nitrogen and oxygen atoms in total. The van der Waals surface area contributed by atoms with Gasteiger partial charge in [0, 0.05) is 49.4 Å². The molecule has 1 unspecified atom stereocenters. The van der Waals surface area contributed by atoms with Crippen LogP contribution >= 0.6 is 0 Å². The third-order valence-electron chi connectivity index (χ3n) is 4.91. The average molecular weight is 355 g/mol. The second-order valence-electron chi connectivity index (χ2n) is 6.92. The van der Waals surface area contributed by atoms with E-state index in [9.17, 15) is 9.90 Å². The van der Waals surface area contributed by atoms with Gasteiger partial charge in [0.05, 0.1) is 12.0 Å². The van der Waals surface area contributed by atoms with E-state index < -0.39 is 5.60 Å². The molecular weight excluding hydrogens is 330 g/mol. The zero-order chi connectivity index (χ0) is 18.7. The first kappa shape index (κ1) is 18.3. The van der Waals surface area contributed by atoms with Crippen LogP contribution in [0.2, 0.25) is 0 Å². The maximum Gasteiger partial charge on any atom is 0.222 e. The Morgan fingerprint density at radius 3 is 2.88 bits per heavy atom. The standard InChI is InChI=1S/C19H25N5O2/c1-13-14(2)22-17(15-6-4-8-21-11-15)23-18(13)24-9-5-7-19(26,12-24)10-16(25)20-3/h4,6,8,11,26H,5,7,9-10,12H2,1-3H3,(H,20,25). The largest absolute Gasteiger partial charge is 0.388 e. The van der Waals surface area contributed by atoms with Gasteiger partial charge in [0.2, 0.25) is 5.91 Å². The van der Waals surface area contributed by atoms with E-state index in [2.05, 4.69) is 20.2 Å². The molecule has 1 saturated heterocycles. The molecule has 26 heavy (non-hydrogen) atoms. The first-order valence-electron chi connectivity index (χ1n) is 8.85. The molecule has 1 amide bonds. The van der Waals surface area contributed by atoms with Crippen molar-refractivity contribution in [2.75, 3.05) is 25.0 Å². The topological polar surface area (TPSA) is 91.2 Å². The maximum atomic E-state index is 11.8. The maximum absolute atomic E-state index is 11.8. The number of rotatable bonds is 4. The van der Waals surface area contributed by atoms with Gasteiger partial charge in [-0.05, 0) is 38.8 Å². The van der Waals surface area contributed by atoms with Gasteiger partial charge in [-0.1, -0.05) is 0 Å². The number of hydrogen-bond acceptors (Lipinski definition) is 6. The number of carbonyl (C=O) groups excluding carboxylic acids is 1. The van der Waals surface area contributed by atoms with E-state index in [0.29, 0.717) is 18.8 Å². The molecule has 0 bridgehead atoms. The van der Waals surface area contributed by atoms with Crippen molar-refractivity contribution in [3.8, 4) is 11.4 Å². The molecule has 2 N–H and O–H groups in total. The van der Waals surface area contributed by atoms with Crippen LogP contribution in [0.5, 0.6) is 0 Å². The molecule has 0 saturated carbocycles. The number of aryl methyl sites for hydroxylation is 1. The van der Waals surface area contributed by atoms with E-state index in [1.54, 1.807) is 19.4 Å². The van der Waals surface area contributed by atoms with E-state index in [4.69, 9.17) is 4.98 Å². The van der Waals surface area contributed by atoms with Gasteiger partial charge in [-0.3, -0.25) is 9.78 Å². The van der Waals surface area contributed by atoms with Crippen LogP contribution < -0.4 is 10.2 Å². The van der Waals surface area contributed by atoms with Gasteiger partial charge in [0.1, 0.15) is 5.82 Å². The highest BCUT2D eigenvalue weighted by molar-refractivity contribution is 5.76. The zero-order valence-corrected chi connectivity index (χ0v) is 15.5. The molecule has 0 aliphatic carbocycles. The summed E-state index contributed by atoms with van der Waals surface area (Å²) >= 11 is 0. The lowest BCUT2D eigenvalue weighted by molar-refractivity contribution is -0.125. The predicted octanol–water partition coefficient (Wildman–Crippen LogP) is 1.62. The normalized spacial score (nSPS) is 20.1. The molecule has 1 aliphatic heterocycles. The molecule has 0 aromatic carbocycles. The monoisotopic (exact) mass is 355 g/mol. The van der Waals surface area contributed by atoms with E-state index in [1.807, 2.05) is 26.0 Å². The molecular formula is C19H25N5O2. The number of nitrogens with zero attached hydrogens (tertiary/aromatic N) is 4. The number of aliphatic hydroxyl groups is 1. The Morgan fingerprint density at radius 1 is 1.38 bits per heavy atom. The van der Waals surface area contributed by atoms with Crippen molar-refractivity contribution in [3.05, 3.63) is 35.8 Å². The highest BCUT2D eigenvalue weighted by Gasteiger charge is 2.36. The lowest BCUT2D eigenvalue weighted by atomic mass is 9.89. The lowest BCUT2D eigenvalue weighted by Crippen LogP contribution is -2.50. The van der Waals surface area contributed by atoms with Crippen LogP contribution in [0.25, 0.3) is 11.4 Å². The van der Waals surface area contributed by atoms with Crippen molar-refractivity contribution in [1.29, 1.82) is 0 Å². The minimum Gasteiger partial charge on any atom is -0.388 e. The van der Waals surface area contributed by atoms with Crippen molar-refractivity contribution in [2.45, 2.75) is 38.7 Å². The lowest BCUT2D eigenvalue weighted by Gasteiger charge is -2.40. The first-order chi connectivity index (χ1) is 12.4. The smallest absolute Gasteiger partial charge is 0.222 e. The van der Waals surface area contributed by atoms with Crippen LogP contribution in [0.15, 0.2) is 24.5 Å². The van der Waals surface area contributed by atoms with Gasteiger partial charge in [0.25, 0.3) is 0 Å². The molecule has 7 heteroatoms. The van der Waals surface area contributed by atoms with E-state index in [0.717, 1.165) is 35.6 Å². The van der Waals surface area contributed by atoms with Crippen molar-refractivity contribution in [3.63, 3.8) is 0 Å². The number of pyridine rings is 1. The van der Waals surface area contributed by atoms with Crippen LogP contribution in [0, 0.1) is 13.8 Å². The molecule has 0 spiro atoms. The molecule has 138 valence electrons. The molecule has 2 aromatic heterocycles. The highest BCUT2D eigenvalue weighted by Crippen LogP contribution is 2.31. The van der Waals surface area contributed by atoms with Gasteiger partial charge >= 0.3 is 0 Å². The van der Waals surface area contributed by atoms with Crippen LogP contribution in [0.1, 0.15) is 30.5 Å². The quantitative estimate of drug-likeness (QED) is 0.866.